The van der Waals surface area contributed by atoms with Gasteiger partial charge in [0.15, 0.2) is 5.82 Å². The first-order valence-electron chi connectivity index (χ1n) is 23.0. The van der Waals surface area contributed by atoms with Crippen molar-refractivity contribution in [1.29, 1.82) is 0 Å². The summed E-state index contributed by atoms with van der Waals surface area (Å²) in [6.07, 6.45) is 1.99. The Kier molecular flexibility index (Phi) is 10.2. The summed E-state index contributed by atoms with van der Waals surface area (Å²) < 4.78 is 0. The zero-order chi connectivity index (χ0) is 45.1. The van der Waals surface area contributed by atoms with E-state index in [-0.39, 0.29) is 5.41 Å². The van der Waals surface area contributed by atoms with Crippen LogP contribution in [0, 0.1) is 0 Å². The molecule has 12 rings (SSSR count). The van der Waals surface area contributed by atoms with Crippen LogP contribution in [0.1, 0.15) is 48.6 Å². The van der Waals surface area contributed by atoms with Crippen LogP contribution in [-0.2, 0) is 10.8 Å². The highest BCUT2D eigenvalue weighted by Gasteiger charge is 2.50. The monoisotopic (exact) mass is 894 g/mol. The molecule has 0 amide bonds. The Morgan fingerprint density at radius 1 is 0.388 bits per heavy atom. The van der Waals surface area contributed by atoms with Crippen molar-refractivity contribution in [3.63, 3.8) is 0 Å². The van der Waals surface area contributed by atoms with Gasteiger partial charge in [-0.05, 0) is 108 Å². The van der Waals surface area contributed by atoms with E-state index in [1.807, 2.05) is 29.7 Å². The largest absolute Gasteiger partial charge is 0.236 e. The molecule has 0 radical (unpaired) electrons. The van der Waals surface area contributed by atoms with Gasteiger partial charge >= 0.3 is 0 Å². The lowest BCUT2D eigenvalue weighted by atomic mass is 9.63. The summed E-state index contributed by atoms with van der Waals surface area (Å²) in [5, 5.41) is 0. The number of nitrogens with zero attached hydrogens (tertiary/aromatic N) is 2. The van der Waals surface area contributed by atoms with Gasteiger partial charge in [0.2, 0.25) is 0 Å². The van der Waals surface area contributed by atoms with Crippen LogP contribution in [0.5, 0.6) is 0 Å². The molecule has 2 aliphatic heterocycles. The van der Waals surface area contributed by atoms with Crippen LogP contribution in [0.25, 0.3) is 67.2 Å². The van der Waals surface area contributed by atoms with Crippen molar-refractivity contribution in [2.45, 2.75) is 51.2 Å². The zero-order valence-corrected chi connectivity index (χ0v) is 39.2. The average Bonchev–Trinajstić information content (AvgIpc) is 3.38. The van der Waals surface area contributed by atoms with E-state index in [4.69, 9.17) is 9.97 Å². The van der Waals surface area contributed by atoms with Gasteiger partial charge in [-0.2, -0.15) is 0 Å². The van der Waals surface area contributed by atoms with E-state index >= 15 is 0 Å². The number of benzene rings is 9. The van der Waals surface area contributed by atoms with Crippen molar-refractivity contribution in [2.24, 2.45) is 0 Å². The van der Waals surface area contributed by atoms with Gasteiger partial charge in [0.1, 0.15) is 0 Å². The summed E-state index contributed by atoms with van der Waals surface area (Å²) in [6.45, 7) is 6.95. The molecule has 0 aliphatic carbocycles. The van der Waals surface area contributed by atoms with E-state index in [0.29, 0.717) is 0 Å². The Hall–Kier alpha value is -7.24. The third-order valence-electron chi connectivity index (χ3n) is 13.4. The second-order valence-corrected chi connectivity index (χ2v) is 20.5. The minimum atomic E-state index is -0.562. The van der Waals surface area contributed by atoms with Gasteiger partial charge in [0.05, 0.1) is 11.1 Å². The van der Waals surface area contributed by atoms with Crippen LogP contribution in [0.15, 0.2) is 244 Å². The quantitative estimate of drug-likeness (QED) is 0.166. The molecular formula is C63H46N2S2. The van der Waals surface area contributed by atoms with Crippen molar-refractivity contribution >= 4 is 23.5 Å². The summed E-state index contributed by atoms with van der Waals surface area (Å²) in [6, 6.07) is 79.8. The van der Waals surface area contributed by atoms with Crippen molar-refractivity contribution in [3.05, 3.63) is 252 Å². The first-order chi connectivity index (χ1) is 32.9. The molecule has 0 bridgehead atoms. The molecule has 320 valence electrons. The normalized spacial score (nSPS) is 13.3. The minimum Gasteiger partial charge on any atom is -0.236 e. The molecule has 2 nitrogen and oxygen atoms in total. The van der Waals surface area contributed by atoms with Gasteiger partial charge in [-0.1, -0.05) is 232 Å². The highest BCUT2D eigenvalue weighted by atomic mass is 32.2. The number of fused-ring (bicyclic) bond motifs is 8. The molecule has 0 unspecified atom stereocenters. The highest BCUT2D eigenvalue weighted by molar-refractivity contribution is 8.00. The Balaban J connectivity index is 1.21. The second kappa shape index (κ2) is 16.6. The van der Waals surface area contributed by atoms with E-state index < -0.39 is 5.41 Å². The highest BCUT2D eigenvalue weighted by Crippen LogP contribution is 2.63. The number of hydrogen-bond donors (Lipinski definition) is 0. The standard InChI is InChI=1S/C63H46N2S2/c1-62(2,3)50-36-37-51-60(67-55-35-21-18-32-49(55)63(51)47-30-16-19-33-53(47)66-54-34-20-17-31-48(54)63)58(50)61-64-39-38-52(65-61)59-56(43-26-12-6-13-27-43)45(41-22-8-4-9-23-41)40-46(42-24-10-5-11-25-42)57(59)44-28-14-7-15-29-44/h4-40H,1-3H3. The Morgan fingerprint density at radius 2 is 0.821 bits per heavy atom. The van der Waals surface area contributed by atoms with Crippen LogP contribution >= 0.6 is 23.5 Å². The molecule has 10 aromatic rings. The van der Waals surface area contributed by atoms with Crippen LogP contribution in [0.2, 0.25) is 0 Å². The van der Waals surface area contributed by atoms with Crippen molar-refractivity contribution < 1.29 is 0 Å². The molecule has 67 heavy (non-hydrogen) atoms. The van der Waals surface area contributed by atoms with E-state index in [1.54, 1.807) is 0 Å². The van der Waals surface area contributed by atoms with Crippen molar-refractivity contribution in [2.75, 3.05) is 0 Å². The van der Waals surface area contributed by atoms with E-state index in [1.165, 1.54) is 47.4 Å². The molecule has 2 aliphatic rings. The molecule has 4 heteroatoms. The predicted octanol–water partition coefficient (Wildman–Crippen LogP) is 17.1. The van der Waals surface area contributed by atoms with Crippen LogP contribution < -0.4 is 0 Å². The molecular weight excluding hydrogens is 849 g/mol. The number of hydrogen-bond acceptors (Lipinski definition) is 4. The predicted molar refractivity (Wildman–Crippen MR) is 280 cm³/mol. The van der Waals surface area contributed by atoms with Gasteiger partial charge < -0.3 is 0 Å². The third kappa shape index (κ3) is 6.81. The molecule has 0 atom stereocenters. The first-order valence-corrected chi connectivity index (χ1v) is 24.6. The topological polar surface area (TPSA) is 25.8 Å². The smallest absolute Gasteiger partial charge is 0.161 e. The van der Waals surface area contributed by atoms with E-state index in [9.17, 15) is 0 Å². The fraction of sp³-hybridized carbons (Fsp3) is 0.0794. The second-order valence-electron chi connectivity index (χ2n) is 18.4. The SMILES string of the molecule is CC(C)(C)c1ccc2c(c1-c1nccc(-c3c(-c4ccccc4)c(-c4ccccc4)cc(-c4ccccc4)c3-c3ccccc3)n1)Sc1ccccc1C21c2ccccc2Sc2ccccc21. The lowest BCUT2D eigenvalue weighted by molar-refractivity contribution is 0.586. The van der Waals surface area contributed by atoms with Gasteiger partial charge in [-0.3, -0.25) is 0 Å². The van der Waals surface area contributed by atoms with Gasteiger partial charge in [-0.15, -0.1) is 0 Å². The van der Waals surface area contributed by atoms with E-state index in [2.05, 4.69) is 239 Å². The average molecular weight is 895 g/mol. The fourth-order valence-electron chi connectivity index (χ4n) is 10.6. The Bertz CT molecular complexity index is 3320. The molecule has 1 spiro atoms. The number of aromatic nitrogens is 2. The maximum atomic E-state index is 5.89. The first kappa shape index (κ1) is 41.2. The maximum absolute atomic E-state index is 5.89. The lowest BCUT2D eigenvalue weighted by Gasteiger charge is -2.46. The maximum Gasteiger partial charge on any atom is 0.161 e. The molecule has 0 N–H and O–H groups in total. The van der Waals surface area contributed by atoms with Crippen molar-refractivity contribution in [3.8, 4) is 67.2 Å². The van der Waals surface area contributed by atoms with Crippen molar-refractivity contribution in [1.82, 2.24) is 9.97 Å². The summed E-state index contributed by atoms with van der Waals surface area (Å²) >= 11 is 3.74. The molecule has 3 heterocycles. The number of rotatable bonds is 6. The third-order valence-corrected chi connectivity index (χ3v) is 15.8. The van der Waals surface area contributed by atoms with Gasteiger partial charge in [-0.25, -0.2) is 9.97 Å². The minimum absolute atomic E-state index is 0.231. The van der Waals surface area contributed by atoms with Crippen LogP contribution in [0.4, 0.5) is 0 Å². The molecule has 9 aromatic carbocycles. The van der Waals surface area contributed by atoms with Gasteiger partial charge in [0.25, 0.3) is 0 Å². The zero-order valence-electron chi connectivity index (χ0n) is 37.6. The van der Waals surface area contributed by atoms with Gasteiger partial charge in [0, 0.05) is 36.9 Å². The molecule has 1 aromatic heterocycles. The molecule has 0 fully saturated rings. The Morgan fingerprint density at radius 3 is 1.30 bits per heavy atom. The summed E-state index contributed by atoms with van der Waals surface area (Å²) in [7, 11) is 0. The lowest BCUT2D eigenvalue weighted by Crippen LogP contribution is -2.37. The summed E-state index contributed by atoms with van der Waals surface area (Å²) in [5.41, 5.74) is 17.8. The Labute approximate surface area is 401 Å². The van der Waals surface area contributed by atoms with E-state index in [0.717, 1.165) is 67.2 Å². The molecule has 0 saturated carbocycles. The summed E-state index contributed by atoms with van der Waals surface area (Å²) in [4.78, 5) is 16.2. The van der Waals surface area contributed by atoms with Crippen LogP contribution in [0.3, 0.4) is 0 Å². The summed E-state index contributed by atoms with van der Waals surface area (Å²) in [5.74, 6) is 0.720. The van der Waals surface area contributed by atoms with Crippen LogP contribution in [-0.4, -0.2) is 9.97 Å². The fourth-order valence-corrected chi connectivity index (χ4v) is 13.1. The molecule has 0 saturated heterocycles.